The number of carbonyl (C=O) groups excluding carboxylic acids is 1. The van der Waals surface area contributed by atoms with Crippen LogP contribution in [0.25, 0.3) is 5.70 Å². The molecule has 0 spiro atoms. The predicted molar refractivity (Wildman–Crippen MR) is 124 cm³/mol. The third-order valence-corrected chi connectivity index (χ3v) is 4.71. The molecule has 184 valence electrons. The van der Waals surface area contributed by atoms with Crippen LogP contribution in [0.3, 0.4) is 0 Å². The van der Waals surface area contributed by atoms with Gasteiger partial charge in [-0.15, -0.1) is 0 Å². The van der Waals surface area contributed by atoms with Crippen molar-refractivity contribution in [3.63, 3.8) is 0 Å². The van der Waals surface area contributed by atoms with Crippen LogP contribution in [0.15, 0.2) is 53.4 Å². The van der Waals surface area contributed by atoms with Crippen LogP contribution >= 0.6 is 0 Å². The average molecular weight is 485 g/mol. The molecule has 0 unspecified atom stereocenters. The van der Waals surface area contributed by atoms with Gasteiger partial charge in [0, 0.05) is 24.7 Å². The Balaban J connectivity index is 1.66. The fourth-order valence-electron chi connectivity index (χ4n) is 2.91. The van der Waals surface area contributed by atoms with Gasteiger partial charge >= 0.3 is 5.97 Å². The molecule has 0 aliphatic heterocycles. The number of rotatable bonds is 13. The van der Waals surface area contributed by atoms with Crippen molar-refractivity contribution in [1.82, 2.24) is 20.4 Å². The zero-order valence-electron chi connectivity index (χ0n) is 18.8. The number of hydrogen-bond donors (Lipinski definition) is 4. The first-order chi connectivity index (χ1) is 17.0. The summed E-state index contributed by atoms with van der Waals surface area (Å²) < 4.78 is 37.9. The molecule has 0 saturated carbocycles. The topological polar surface area (TPSA) is 152 Å². The zero-order valence-corrected chi connectivity index (χ0v) is 18.8. The molecule has 2 aromatic heterocycles. The summed E-state index contributed by atoms with van der Waals surface area (Å²) >= 11 is 0. The molecule has 10 nitrogen and oxygen atoms in total. The molecule has 35 heavy (non-hydrogen) atoms. The summed E-state index contributed by atoms with van der Waals surface area (Å²) in [7, 11) is 0. The monoisotopic (exact) mass is 485 g/mol. The van der Waals surface area contributed by atoms with Crippen molar-refractivity contribution in [1.29, 1.82) is 5.41 Å². The van der Waals surface area contributed by atoms with Gasteiger partial charge in [-0.25, -0.2) is 18.7 Å². The number of unbranched alkanes of at least 4 members (excludes halogenated alkanes) is 1. The summed E-state index contributed by atoms with van der Waals surface area (Å²) in [4.78, 5) is 19.0. The number of halogens is 2. The highest BCUT2D eigenvalue weighted by atomic mass is 19.1. The molecule has 5 N–H and O–H groups in total. The van der Waals surface area contributed by atoms with Gasteiger partial charge < -0.3 is 25.6 Å². The van der Waals surface area contributed by atoms with Crippen molar-refractivity contribution >= 4 is 23.2 Å². The van der Waals surface area contributed by atoms with Gasteiger partial charge in [0.05, 0.1) is 25.0 Å². The Morgan fingerprint density at radius 2 is 2.03 bits per heavy atom. The number of carbonyl (C=O) groups is 1. The summed E-state index contributed by atoms with van der Waals surface area (Å²) in [5.41, 5.74) is 6.23. The second kappa shape index (κ2) is 12.9. The van der Waals surface area contributed by atoms with Crippen LogP contribution in [0.4, 0.5) is 14.6 Å². The first-order valence-electron chi connectivity index (χ1n) is 10.8. The minimum absolute atomic E-state index is 0.0283. The molecule has 0 bridgehead atoms. The van der Waals surface area contributed by atoms with Gasteiger partial charge in [-0.3, -0.25) is 10.2 Å². The Morgan fingerprint density at radius 1 is 1.20 bits per heavy atom. The van der Waals surface area contributed by atoms with Crippen LogP contribution in [0.2, 0.25) is 0 Å². The number of nitrogens with two attached hydrogens (primary N) is 1. The standard InChI is InChI=1S/C23H25F2N7O3/c24-16-6-2-1-5-15(16)13-29-20(19-7-10-35-32-19)11-18(27)23-30-14-17(25)22(31-23)28-8-3-4-9-34-21(33)12-26/h1-2,5-7,10-11,14,27,29H,3-4,8-9,12-13,26H2,(H,28,30,31)/b20-11-,27-18?. The maximum absolute atomic E-state index is 14.2. The first-order valence-corrected chi connectivity index (χ1v) is 10.8. The SMILES string of the molecule is N=C(/C=C(\NCc1ccccc1F)c1ccon1)c1ncc(F)c(NCCCCOC(=O)CN)n1. The summed E-state index contributed by atoms with van der Waals surface area (Å²) in [6.45, 7) is 0.543. The third-order valence-electron chi connectivity index (χ3n) is 4.71. The molecule has 3 aromatic rings. The lowest BCUT2D eigenvalue weighted by molar-refractivity contribution is -0.142. The summed E-state index contributed by atoms with van der Waals surface area (Å²) in [5, 5.41) is 18.2. The number of nitrogens with one attached hydrogen (secondary N) is 3. The number of allylic oxidation sites excluding steroid dienone is 1. The van der Waals surface area contributed by atoms with Crippen LogP contribution in [0, 0.1) is 17.0 Å². The Kier molecular flexibility index (Phi) is 9.37. The molecule has 12 heteroatoms. The van der Waals surface area contributed by atoms with Gasteiger partial charge in [0.1, 0.15) is 23.5 Å². The van der Waals surface area contributed by atoms with Crippen LogP contribution in [0.1, 0.15) is 29.9 Å². The van der Waals surface area contributed by atoms with Gasteiger partial charge in [0.2, 0.25) is 0 Å². The second-order valence-electron chi connectivity index (χ2n) is 7.25. The molecule has 3 rings (SSSR count). The minimum atomic E-state index is -0.672. The highest BCUT2D eigenvalue weighted by Crippen LogP contribution is 2.15. The van der Waals surface area contributed by atoms with E-state index < -0.39 is 11.8 Å². The number of nitrogens with zero attached hydrogens (tertiary/aromatic N) is 3. The van der Waals surface area contributed by atoms with Crippen molar-refractivity contribution in [2.75, 3.05) is 25.0 Å². The van der Waals surface area contributed by atoms with Crippen molar-refractivity contribution in [2.45, 2.75) is 19.4 Å². The molecule has 0 radical (unpaired) electrons. The largest absolute Gasteiger partial charge is 0.465 e. The summed E-state index contributed by atoms with van der Waals surface area (Å²) in [6, 6.07) is 7.88. The van der Waals surface area contributed by atoms with E-state index in [1.807, 2.05) is 0 Å². The number of ether oxygens (including phenoxy) is 1. The quantitative estimate of drug-likeness (QED) is 0.163. The normalized spacial score (nSPS) is 11.2. The highest BCUT2D eigenvalue weighted by molar-refractivity contribution is 6.07. The smallest absolute Gasteiger partial charge is 0.319 e. The first kappa shape index (κ1) is 25.4. The predicted octanol–water partition coefficient (Wildman–Crippen LogP) is 2.64. The van der Waals surface area contributed by atoms with E-state index >= 15 is 0 Å². The molecule has 2 heterocycles. The maximum atomic E-state index is 14.2. The number of esters is 1. The lowest BCUT2D eigenvalue weighted by Crippen LogP contribution is -2.17. The van der Waals surface area contributed by atoms with Crippen LogP contribution in [-0.2, 0) is 16.1 Å². The van der Waals surface area contributed by atoms with Gasteiger partial charge in [0.25, 0.3) is 0 Å². The molecule has 0 aliphatic carbocycles. The Labute approximate surface area is 200 Å². The van der Waals surface area contributed by atoms with Crippen LogP contribution in [0.5, 0.6) is 0 Å². The maximum Gasteiger partial charge on any atom is 0.319 e. The van der Waals surface area contributed by atoms with Gasteiger partial charge in [0.15, 0.2) is 17.5 Å². The average Bonchev–Trinajstić information content (AvgIpc) is 3.40. The van der Waals surface area contributed by atoms with Crippen molar-refractivity contribution in [3.8, 4) is 0 Å². The van der Waals surface area contributed by atoms with E-state index in [1.54, 1.807) is 24.3 Å². The second-order valence-corrected chi connectivity index (χ2v) is 7.25. The number of benzene rings is 1. The molecular weight excluding hydrogens is 460 g/mol. The van der Waals surface area contributed by atoms with Gasteiger partial charge in [-0.05, 0) is 25.0 Å². The fourth-order valence-corrected chi connectivity index (χ4v) is 2.91. The molecule has 0 aliphatic rings. The molecule has 0 atom stereocenters. The van der Waals surface area contributed by atoms with Crippen molar-refractivity contribution < 1.29 is 22.8 Å². The van der Waals surface area contributed by atoms with E-state index in [-0.39, 0.29) is 42.9 Å². The minimum Gasteiger partial charge on any atom is -0.465 e. The molecule has 0 fully saturated rings. The molecule has 1 aromatic carbocycles. The number of anilines is 1. The summed E-state index contributed by atoms with van der Waals surface area (Å²) in [5.74, 6) is -1.61. The van der Waals surface area contributed by atoms with Gasteiger partial charge in [-0.1, -0.05) is 23.4 Å². The van der Waals surface area contributed by atoms with E-state index in [0.29, 0.717) is 36.3 Å². The molecule has 0 saturated heterocycles. The van der Waals surface area contributed by atoms with Crippen LogP contribution < -0.4 is 16.4 Å². The lowest BCUT2D eigenvalue weighted by Gasteiger charge is -2.11. The zero-order chi connectivity index (χ0) is 25.0. The van der Waals surface area contributed by atoms with E-state index in [1.165, 1.54) is 18.4 Å². The van der Waals surface area contributed by atoms with Crippen LogP contribution in [-0.4, -0.2) is 46.5 Å². The lowest BCUT2D eigenvalue weighted by atomic mass is 10.2. The van der Waals surface area contributed by atoms with Crippen molar-refractivity contribution in [3.05, 3.63) is 77.6 Å². The molecular formula is C23H25F2N7O3. The number of hydrogen-bond acceptors (Lipinski definition) is 10. The highest BCUT2D eigenvalue weighted by Gasteiger charge is 2.13. The number of aromatic nitrogens is 3. The Bertz CT molecular complexity index is 1170. The van der Waals surface area contributed by atoms with E-state index in [9.17, 15) is 13.6 Å². The van der Waals surface area contributed by atoms with E-state index in [4.69, 9.17) is 20.4 Å². The summed E-state index contributed by atoms with van der Waals surface area (Å²) in [6.07, 6.45) is 4.89. The van der Waals surface area contributed by atoms with Crippen molar-refractivity contribution in [2.24, 2.45) is 5.73 Å². The van der Waals surface area contributed by atoms with Gasteiger partial charge in [-0.2, -0.15) is 0 Å². The third kappa shape index (κ3) is 7.67. The van der Waals surface area contributed by atoms with E-state index in [0.717, 1.165) is 6.20 Å². The Hall–Kier alpha value is -4.19. The Morgan fingerprint density at radius 3 is 2.77 bits per heavy atom. The molecule has 0 amide bonds. The van der Waals surface area contributed by atoms with E-state index in [2.05, 4.69) is 25.8 Å². The fraction of sp³-hybridized carbons (Fsp3) is 0.261.